The van der Waals surface area contributed by atoms with Crippen LogP contribution >= 0.6 is 11.6 Å². The molecule has 2 heterocycles. The molecule has 4 nitrogen and oxygen atoms in total. The van der Waals surface area contributed by atoms with Gasteiger partial charge in [0.15, 0.2) is 5.65 Å². The van der Waals surface area contributed by atoms with Gasteiger partial charge in [-0.2, -0.15) is 10.4 Å². The summed E-state index contributed by atoms with van der Waals surface area (Å²) < 4.78 is 14.5. The molecular weight excluding hydrogens is 303 g/mol. The Morgan fingerprint density at radius 2 is 1.91 bits per heavy atom. The molecule has 0 aliphatic heterocycles. The van der Waals surface area contributed by atoms with Gasteiger partial charge in [-0.05, 0) is 31.5 Å². The molecule has 6 heteroatoms. The molecule has 110 valence electrons. The van der Waals surface area contributed by atoms with Crippen molar-refractivity contribution in [2.45, 2.75) is 20.3 Å². The number of hydrogen-bond donors (Lipinski definition) is 0. The van der Waals surface area contributed by atoms with Crippen LogP contribution in [0.2, 0.25) is 5.15 Å². The Hall–Kier alpha value is -2.45. The zero-order valence-electron chi connectivity index (χ0n) is 12.1. The van der Waals surface area contributed by atoms with E-state index in [2.05, 4.69) is 16.2 Å². The van der Waals surface area contributed by atoms with Crippen LogP contribution in [0.25, 0.3) is 5.65 Å². The standard InChI is InChI=1S/C16H12ClFN4/c1-9-13(7-11-3-5-12(18)6-4-11)15(17)22-16(20-9)14(8-19)10(2)21-22/h3-6H,7H2,1-2H3. The van der Waals surface area contributed by atoms with Crippen LogP contribution in [0, 0.1) is 31.0 Å². The molecule has 0 fully saturated rings. The van der Waals surface area contributed by atoms with E-state index in [9.17, 15) is 9.65 Å². The molecule has 22 heavy (non-hydrogen) atoms. The van der Waals surface area contributed by atoms with Crippen LogP contribution in [0.15, 0.2) is 24.3 Å². The summed E-state index contributed by atoms with van der Waals surface area (Å²) in [6.45, 7) is 3.59. The normalized spacial score (nSPS) is 10.9. The van der Waals surface area contributed by atoms with E-state index < -0.39 is 0 Å². The SMILES string of the molecule is Cc1nc2c(C#N)c(C)nn2c(Cl)c1Cc1ccc(F)cc1. The van der Waals surface area contributed by atoms with Crippen LogP contribution in [0.1, 0.15) is 28.1 Å². The molecule has 0 unspecified atom stereocenters. The summed E-state index contributed by atoms with van der Waals surface area (Å²) in [6.07, 6.45) is 0.523. The molecular formula is C16H12ClFN4. The summed E-state index contributed by atoms with van der Waals surface area (Å²) in [5.41, 5.74) is 3.96. The molecule has 0 atom stereocenters. The van der Waals surface area contributed by atoms with Gasteiger partial charge < -0.3 is 0 Å². The molecule has 0 saturated heterocycles. The lowest BCUT2D eigenvalue weighted by Gasteiger charge is -2.09. The first-order valence-corrected chi connectivity index (χ1v) is 7.08. The van der Waals surface area contributed by atoms with Crippen molar-refractivity contribution >= 4 is 17.2 Å². The fraction of sp³-hybridized carbons (Fsp3) is 0.188. The van der Waals surface area contributed by atoms with E-state index >= 15 is 0 Å². The Labute approximate surface area is 131 Å². The molecule has 0 aliphatic carbocycles. The number of aryl methyl sites for hydroxylation is 2. The number of halogens is 2. The fourth-order valence-electron chi connectivity index (χ4n) is 2.40. The van der Waals surface area contributed by atoms with Gasteiger partial charge in [0.1, 0.15) is 22.6 Å². The lowest BCUT2D eigenvalue weighted by molar-refractivity contribution is 0.627. The zero-order valence-corrected chi connectivity index (χ0v) is 12.8. The van der Waals surface area contributed by atoms with Crippen molar-refractivity contribution in [3.8, 4) is 6.07 Å². The van der Waals surface area contributed by atoms with E-state index in [1.807, 2.05) is 6.92 Å². The molecule has 0 amide bonds. The molecule has 3 rings (SSSR count). The maximum absolute atomic E-state index is 13.0. The van der Waals surface area contributed by atoms with Gasteiger partial charge >= 0.3 is 0 Å². The molecule has 0 radical (unpaired) electrons. The van der Waals surface area contributed by atoms with Crippen molar-refractivity contribution in [3.63, 3.8) is 0 Å². The van der Waals surface area contributed by atoms with Gasteiger partial charge in [0.05, 0.1) is 5.69 Å². The van der Waals surface area contributed by atoms with Crippen LogP contribution in [0.3, 0.4) is 0 Å². The molecule has 2 aromatic heterocycles. The van der Waals surface area contributed by atoms with E-state index in [0.29, 0.717) is 28.5 Å². The highest BCUT2D eigenvalue weighted by Gasteiger charge is 2.17. The van der Waals surface area contributed by atoms with Gasteiger partial charge in [0.25, 0.3) is 0 Å². The van der Waals surface area contributed by atoms with Gasteiger partial charge in [0, 0.05) is 17.7 Å². The molecule has 0 aliphatic rings. The second-order valence-corrected chi connectivity index (χ2v) is 5.44. The quantitative estimate of drug-likeness (QED) is 0.679. The Balaban J connectivity index is 2.14. The summed E-state index contributed by atoms with van der Waals surface area (Å²) in [4.78, 5) is 4.46. The molecule has 0 spiro atoms. The number of rotatable bonds is 2. The predicted molar refractivity (Wildman–Crippen MR) is 81.4 cm³/mol. The number of hydrogen-bond acceptors (Lipinski definition) is 3. The minimum absolute atomic E-state index is 0.276. The monoisotopic (exact) mass is 314 g/mol. The Morgan fingerprint density at radius 3 is 2.55 bits per heavy atom. The Bertz CT molecular complexity index is 907. The lowest BCUT2D eigenvalue weighted by Crippen LogP contribution is -2.03. The lowest BCUT2D eigenvalue weighted by atomic mass is 10.1. The van der Waals surface area contributed by atoms with Gasteiger partial charge in [-0.15, -0.1) is 0 Å². The minimum atomic E-state index is -0.276. The van der Waals surface area contributed by atoms with Crippen LogP contribution in [-0.2, 0) is 6.42 Å². The molecule has 1 aromatic carbocycles. The molecule has 0 N–H and O–H groups in total. The maximum atomic E-state index is 13.0. The average Bonchev–Trinajstić information content (AvgIpc) is 2.81. The third kappa shape index (κ3) is 2.32. The van der Waals surface area contributed by atoms with Crippen molar-refractivity contribution in [3.05, 3.63) is 63.3 Å². The highest BCUT2D eigenvalue weighted by atomic mass is 35.5. The summed E-state index contributed by atoms with van der Waals surface area (Å²) in [7, 11) is 0. The summed E-state index contributed by atoms with van der Waals surface area (Å²) in [5.74, 6) is -0.276. The second kappa shape index (κ2) is 5.39. The van der Waals surface area contributed by atoms with Crippen LogP contribution in [-0.4, -0.2) is 14.6 Å². The summed E-state index contributed by atoms with van der Waals surface area (Å²) in [6, 6.07) is 8.35. The van der Waals surface area contributed by atoms with Crippen LogP contribution in [0.4, 0.5) is 4.39 Å². The Morgan fingerprint density at radius 1 is 1.23 bits per heavy atom. The number of nitriles is 1. The van der Waals surface area contributed by atoms with E-state index in [0.717, 1.165) is 16.8 Å². The Kier molecular flexibility index (Phi) is 3.55. The number of nitrogens with zero attached hydrogens (tertiary/aromatic N) is 4. The van der Waals surface area contributed by atoms with E-state index in [1.165, 1.54) is 16.6 Å². The maximum Gasteiger partial charge on any atom is 0.175 e. The molecule has 3 aromatic rings. The van der Waals surface area contributed by atoms with Crippen LogP contribution < -0.4 is 0 Å². The largest absolute Gasteiger partial charge is 0.232 e. The van der Waals surface area contributed by atoms with Crippen LogP contribution in [0.5, 0.6) is 0 Å². The highest BCUT2D eigenvalue weighted by molar-refractivity contribution is 6.30. The topological polar surface area (TPSA) is 54.0 Å². The third-order valence-corrected chi connectivity index (χ3v) is 3.98. The summed E-state index contributed by atoms with van der Waals surface area (Å²) >= 11 is 6.45. The van der Waals surface area contributed by atoms with Crippen molar-refractivity contribution in [2.24, 2.45) is 0 Å². The molecule has 0 saturated carbocycles. The van der Waals surface area contributed by atoms with E-state index in [4.69, 9.17) is 11.6 Å². The highest BCUT2D eigenvalue weighted by Crippen LogP contribution is 2.25. The van der Waals surface area contributed by atoms with Gasteiger partial charge in [-0.3, -0.25) is 0 Å². The van der Waals surface area contributed by atoms with Gasteiger partial charge in [-0.1, -0.05) is 23.7 Å². The summed E-state index contributed by atoms with van der Waals surface area (Å²) in [5, 5.41) is 13.9. The second-order valence-electron chi connectivity index (χ2n) is 5.08. The number of aromatic nitrogens is 3. The van der Waals surface area contributed by atoms with E-state index in [-0.39, 0.29) is 5.82 Å². The fourth-order valence-corrected chi connectivity index (χ4v) is 2.72. The third-order valence-electron chi connectivity index (χ3n) is 3.59. The molecule has 0 bridgehead atoms. The number of fused-ring (bicyclic) bond motifs is 1. The van der Waals surface area contributed by atoms with Gasteiger partial charge in [0.2, 0.25) is 0 Å². The van der Waals surface area contributed by atoms with Crippen molar-refractivity contribution in [1.29, 1.82) is 5.26 Å². The van der Waals surface area contributed by atoms with Crippen molar-refractivity contribution < 1.29 is 4.39 Å². The first kappa shape index (κ1) is 14.5. The first-order chi connectivity index (χ1) is 10.5. The van der Waals surface area contributed by atoms with Crippen molar-refractivity contribution in [2.75, 3.05) is 0 Å². The average molecular weight is 315 g/mol. The minimum Gasteiger partial charge on any atom is -0.232 e. The first-order valence-electron chi connectivity index (χ1n) is 6.70. The predicted octanol–water partition coefficient (Wildman–Crippen LogP) is 3.60. The van der Waals surface area contributed by atoms with Crippen molar-refractivity contribution in [1.82, 2.24) is 14.6 Å². The number of benzene rings is 1. The van der Waals surface area contributed by atoms with E-state index in [1.54, 1.807) is 19.1 Å². The van der Waals surface area contributed by atoms with Gasteiger partial charge in [-0.25, -0.2) is 13.9 Å². The zero-order chi connectivity index (χ0) is 15.9. The smallest absolute Gasteiger partial charge is 0.175 e.